The predicted molar refractivity (Wildman–Crippen MR) is 75.4 cm³/mol. The average Bonchev–Trinajstić information content (AvgIpc) is 2.46. The number of aliphatic hydroxyl groups excluding tert-OH is 1. The van der Waals surface area contributed by atoms with Gasteiger partial charge in [-0.25, -0.2) is 0 Å². The molecule has 0 radical (unpaired) electrons. The van der Waals surface area contributed by atoms with Crippen molar-refractivity contribution in [3.63, 3.8) is 0 Å². The predicted octanol–water partition coefficient (Wildman–Crippen LogP) is 2.68. The molecule has 1 fully saturated rings. The quantitative estimate of drug-likeness (QED) is 0.859. The number of hydrogen-bond donors (Lipinski definition) is 2. The van der Waals surface area contributed by atoms with E-state index in [1.807, 2.05) is 24.3 Å². The minimum absolute atomic E-state index is 0.614. The van der Waals surface area contributed by atoms with Gasteiger partial charge in [-0.05, 0) is 43.4 Å². The maximum atomic E-state index is 10.4. The molecular formula is C16H24O3. The molecule has 3 nitrogen and oxygen atoms in total. The third-order valence-electron chi connectivity index (χ3n) is 4.21. The summed E-state index contributed by atoms with van der Waals surface area (Å²) < 4.78 is 5.12. The van der Waals surface area contributed by atoms with E-state index in [9.17, 15) is 10.2 Å². The molecule has 1 aromatic rings. The topological polar surface area (TPSA) is 49.7 Å². The Balaban J connectivity index is 1.86. The molecule has 0 heterocycles. The first-order chi connectivity index (χ1) is 9.14. The molecule has 3 heteroatoms. The maximum absolute atomic E-state index is 10.4. The zero-order chi connectivity index (χ0) is 13.7. The zero-order valence-corrected chi connectivity index (χ0v) is 11.6. The lowest BCUT2D eigenvalue weighted by atomic mass is 9.79. The van der Waals surface area contributed by atoms with Crippen LogP contribution < -0.4 is 4.74 Å². The molecule has 1 aliphatic carbocycles. The van der Waals surface area contributed by atoms with Crippen molar-refractivity contribution >= 4 is 0 Å². The highest BCUT2D eigenvalue weighted by Gasteiger charge is 2.36. The van der Waals surface area contributed by atoms with Gasteiger partial charge in [0.1, 0.15) is 5.75 Å². The van der Waals surface area contributed by atoms with Crippen LogP contribution in [0.4, 0.5) is 0 Å². The average molecular weight is 264 g/mol. The Morgan fingerprint density at radius 2 is 1.79 bits per heavy atom. The maximum Gasteiger partial charge on any atom is 0.118 e. The lowest BCUT2D eigenvalue weighted by molar-refractivity contribution is -0.0992. The molecule has 0 spiro atoms. The fourth-order valence-electron chi connectivity index (χ4n) is 2.86. The SMILES string of the molecule is COc1ccc(CC[C@@H](O)C2(O)CCCCC2)cc1. The van der Waals surface area contributed by atoms with Crippen LogP contribution in [0.15, 0.2) is 24.3 Å². The monoisotopic (exact) mass is 264 g/mol. The number of rotatable bonds is 5. The van der Waals surface area contributed by atoms with Crippen LogP contribution in [0.3, 0.4) is 0 Å². The van der Waals surface area contributed by atoms with Crippen LogP contribution >= 0.6 is 0 Å². The molecule has 19 heavy (non-hydrogen) atoms. The summed E-state index contributed by atoms with van der Waals surface area (Å²) in [4.78, 5) is 0. The first-order valence-electron chi connectivity index (χ1n) is 7.17. The van der Waals surface area contributed by atoms with Gasteiger partial charge < -0.3 is 14.9 Å². The number of aliphatic hydroxyl groups is 2. The minimum atomic E-state index is -0.856. The van der Waals surface area contributed by atoms with Gasteiger partial charge in [0.05, 0.1) is 18.8 Å². The smallest absolute Gasteiger partial charge is 0.118 e. The summed E-state index contributed by atoms with van der Waals surface area (Å²) in [5.74, 6) is 0.843. The first-order valence-corrected chi connectivity index (χ1v) is 7.17. The van der Waals surface area contributed by atoms with Crippen LogP contribution in [0.1, 0.15) is 44.1 Å². The molecule has 1 aliphatic rings. The Morgan fingerprint density at radius 1 is 1.16 bits per heavy atom. The highest BCUT2D eigenvalue weighted by molar-refractivity contribution is 5.27. The Labute approximate surface area is 115 Å². The fraction of sp³-hybridized carbons (Fsp3) is 0.625. The molecule has 106 valence electrons. The molecular weight excluding hydrogens is 240 g/mol. The number of benzene rings is 1. The van der Waals surface area contributed by atoms with E-state index < -0.39 is 11.7 Å². The normalized spacial score (nSPS) is 19.9. The zero-order valence-electron chi connectivity index (χ0n) is 11.6. The van der Waals surface area contributed by atoms with Crippen LogP contribution in [0.5, 0.6) is 5.75 Å². The van der Waals surface area contributed by atoms with Crippen LogP contribution in [-0.4, -0.2) is 29.0 Å². The van der Waals surface area contributed by atoms with Gasteiger partial charge in [-0.3, -0.25) is 0 Å². The summed E-state index contributed by atoms with van der Waals surface area (Å²) in [6.07, 6.45) is 5.47. The minimum Gasteiger partial charge on any atom is -0.497 e. The van der Waals surface area contributed by atoms with Crippen molar-refractivity contribution in [2.45, 2.75) is 56.7 Å². The third kappa shape index (κ3) is 3.71. The second-order valence-corrected chi connectivity index (χ2v) is 5.57. The van der Waals surface area contributed by atoms with Crippen molar-refractivity contribution in [1.29, 1.82) is 0 Å². The van der Waals surface area contributed by atoms with Crippen molar-refractivity contribution < 1.29 is 14.9 Å². The van der Waals surface area contributed by atoms with E-state index in [-0.39, 0.29) is 0 Å². The summed E-state index contributed by atoms with van der Waals surface area (Å²) >= 11 is 0. The highest BCUT2D eigenvalue weighted by Crippen LogP contribution is 2.32. The number of methoxy groups -OCH3 is 1. The van der Waals surface area contributed by atoms with Crippen molar-refractivity contribution in [3.05, 3.63) is 29.8 Å². The van der Waals surface area contributed by atoms with Crippen molar-refractivity contribution in [2.75, 3.05) is 7.11 Å². The van der Waals surface area contributed by atoms with Crippen LogP contribution in [-0.2, 0) is 6.42 Å². The Hall–Kier alpha value is -1.06. The summed E-state index contributed by atoms with van der Waals surface area (Å²) in [6.45, 7) is 0. The lowest BCUT2D eigenvalue weighted by Gasteiger charge is -2.36. The molecule has 0 amide bonds. The molecule has 2 N–H and O–H groups in total. The largest absolute Gasteiger partial charge is 0.497 e. The van der Waals surface area contributed by atoms with E-state index in [1.54, 1.807) is 7.11 Å². The summed E-state index contributed by atoms with van der Waals surface area (Å²) in [7, 11) is 1.65. The number of ether oxygens (including phenoxy) is 1. The van der Waals surface area contributed by atoms with Gasteiger partial charge in [0.2, 0.25) is 0 Å². The van der Waals surface area contributed by atoms with E-state index in [0.29, 0.717) is 6.42 Å². The van der Waals surface area contributed by atoms with Gasteiger partial charge in [0.25, 0.3) is 0 Å². The van der Waals surface area contributed by atoms with Crippen molar-refractivity contribution in [2.24, 2.45) is 0 Å². The fourth-order valence-corrected chi connectivity index (χ4v) is 2.86. The van der Waals surface area contributed by atoms with Crippen LogP contribution in [0.25, 0.3) is 0 Å². The molecule has 2 rings (SSSR count). The third-order valence-corrected chi connectivity index (χ3v) is 4.21. The Bertz CT molecular complexity index is 379. The first kappa shape index (κ1) is 14.4. The summed E-state index contributed by atoms with van der Waals surface area (Å²) in [5.41, 5.74) is 0.310. The van der Waals surface area contributed by atoms with Crippen LogP contribution in [0, 0.1) is 0 Å². The second kappa shape index (κ2) is 6.40. The summed E-state index contributed by atoms with van der Waals surface area (Å²) in [6, 6.07) is 7.88. The van der Waals surface area contributed by atoms with Gasteiger partial charge in [-0.15, -0.1) is 0 Å². The van der Waals surface area contributed by atoms with Crippen molar-refractivity contribution in [1.82, 2.24) is 0 Å². The molecule has 0 bridgehead atoms. The standard InChI is InChI=1S/C16H24O3/c1-19-14-8-5-13(6-9-14)7-10-15(17)16(18)11-3-2-4-12-16/h5-6,8-9,15,17-18H,2-4,7,10-12H2,1H3/t15-/m1/s1. The van der Waals surface area contributed by atoms with E-state index in [0.717, 1.165) is 37.9 Å². The second-order valence-electron chi connectivity index (χ2n) is 5.57. The van der Waals surface area contributed by atoms with E-state index in [4.69, 9.17) is 4.74 Å². The number of aryl methyl sites for hydroxylation is 1. The lowest BCUT2D eigenvalue weighted by Crippen LogP contribution is -2.44. The summed E-state index contributed by atoms with van der Waals surface area (Å²) in [5, 5.41) is 20.7. The molecule has 0 saturated heterocycles. The van der Waals surface area contributed by atoms with Gasteiger partial charge in [0.15, 0.2) is 0 Å². The Morgan fingerprint density at radius 3 is 2.37 bits per heavy atom. The van der Waals surface area contributed by atoms with E-state index >= 15 is 0 Å². The molecule has 1 saturated carbocycles. The van der Waals surface area contributed by atoms with Gasteiger partial charge in [-0.1, -0.05) is 31.4 Å². The molecule has 0 unspecified atom stereocenters. The van der Waals surface area contributed by atoms with E-state index in [2.05, 4.69) is 0 Å². The molecule has 0 aliphatic heterocycles. The van der Waals surface area contributed by atoms with E-state index in [1.165, 1.54) is 12.0 Å². The number of hydrogen-bond acceptors (Lipinski definition) is 3. The molecule has 0 aromatic heterocycles. The van der Waals surface area contributed by atoms with Gasteiger partial charge in [-0.2, -0.15) is 0 Å². The molecule has 1 atom stereocenters. The van der Waals surface area contributed by atoms with Crippen molar-refractivity contribution in [3.8, 4) is 5.75 Å². The van der Waals surface area contributed by atoms with Gasteiger partial charge >= 0.3 is 0 Å². The van der Waals surface area contributed by atoms with Crippen LogP contribution in [0.2, 0.25) is 0 Å². The molecule has 1 aromatic carbocycles. The highest BCUT2D eigenvalue weighted by atomic mass is 16.5. The van der Waals surface area contributed by atoms with Gasteiger partial charge in [0, 0.05) is 0 Å². The Kier molecular flexibility index (Phi) is 4.83.